The fourth-order valence-electron chi connectivity index (χ4n) is 2.04. The van der Waals surface area contributed by atoms with Crippen LogP contribution in [0, 0.1) is 3.57 Å². The van der Waals surface area contributed by atoms with E-state index in [0.717, 1.165) is 14.9 Å². The minimum absolute atomic E-state index is 0.0319. The SMILES string of the molecule is COc1ccc(Cl)cc1CN(C)C(=O)c1cccc(I)c1. The smallest absolute Gasteiger partial charge is 0.253 e. The highest BCUT2D eigenvalue weighted by atomic mass is 127. The van der Waals surface area contributed by atoms with E-state index in [2.05, 4.69) is 22.6 Å². The molecule has 2 rings (SSSR count). The van der Waals surface area contributed by atoms with Gasteiger partial charge in [-0.25, -0.2) is 0 Å². The molecular weight excluding hydrogens is 401 g/mol. The fourth-order valence-corrected chi connectivity index (χ4v) is 2.78. The van der Waals surface area contributed by atoms with E-state index in [1.165, 1.54) is 0 Å². The first-order valence-electron chi connectivity index (χ1n) is 6.34. The van der Waals surface area contributed by atoms with E-state index in [1.807, 2.05) is 30.3 Å². The van der Waals surface area contributed by atoms with Gasteiger partial charge in [0.05, 0.1) is 7.11 Å². The molecule has 2 aromatic carbocycles. The lowest BCUT2D eigenvalue weighted by Gasteiger charge is -2.19. The highest BCUT2D eigenvalue weighted by molar-refractivity contribution is 14.1. The van der Waals surface area contributed by atoms with Crippen LogP contribution in [0.25, 0.3) is 0 Å². The number of carbonyl (C=O) groups is 1. The number of benzene rings is 2. The van der Waals surface area contributed by atoms with Crippen molar-refractivity contribution < 1.29 is 9.53 Å². The van der Waals surface area contributed by atoms with Gasteiger partial charge in [0.25, 0.3) is 5.91 Å². The van der Waals surface area contributed by atoms with Crippen molar-refractivity contribution in [3.8, 4) is 5.75 Å². The van der Waals surface area contributed by atoms with E-state index < -0.39 is 0 Å². The zero-order valence-corrected chi connectivity index (χ0v) is 14.7. The molecule has 0 aliphatic rings. The lowest BCUT2D eigenvalue weighted by Crippen LogP contribution is -2.26. The highest BCUT2D eigenvalue weighted by Gasteiger charge is 2.14. The number of hydrogen-bond donors (Lipinski definition) is 0. The summed E-state index contributed by atoms with van der Waals surface area (Å²) in [6.45, 7) is 0.439. The van der Waals surface area contributed by atoms with Gasteiger partial charge in [0.2, 0.25) is 0 Å². The normalized spacial score (nSPS) is 10.3. The summed E-state index contributed by atoms with van der Waals surface area (Å²) in [5, 5.41) is 0.626. The molecule has 0 spiro atoms. The zero-order chi connectivity index (χ0) is 15.4. The van der Waals surface area contributed by atoms with E-state index in [0.29, 0.717) is 17.1 Å². The van der Waals surface area contributed by atoms with Gasteiger partial charge < -0.3 is 9.64 Å². The molecule has 0 aliphatic carbocycles. The van der Waals surface area contributed by atoms with Gasteiger partial charge in [-0.15, -0.1) is 0 Å². The standard InChI is InChI=1S/C16H15ClINO2/c1-19(16(20)11-4-3-5-14(18)9-11)10-12-8-13(17)6-7-15(12)21-2/h3-9H,10H2,1-2H3. The second kappa shape index (κ2) is 7.13. The summed E-state index contributed by atoms with van der Waals surface area (Å²) in [5.41, 5.74) is 1.55. The molecule has 0 fully saturated rings. The second-order valence-corrected chi connectivity index (χ2v) is 6.31. The first-order valence-corrected chi connectivity index (χ1v) is 7.80. The van der Waals surface area contributed by atoms with Crippen LogP contribution in [0.3, 0.4) is 0 Å². The molecule has 0 atom stereocenters. The average Bonchev–Trinajstić information content (AvgIpc) is 2.46. The summed E-state index contributed by atoms with van der Waals surface area (Å²) >= 11 is 8.21. The van der Waals surface area contributed by atoms with Crippen LogP contribution in [-0.2, 0) is 6.54 Å². The topological polar surface area (TPSA) is 29.5 Å². The third-order valence-corrected chi connectivity index (χ3v) is 3.97. The highest BCUT2D eigenvalue weighted by Crippen LogP contribution is 2.24. The Bertz CT molecular complexity index is 660. The Morgan fingerprint density at radius 1 is 1.29 bits per heavy atom. The summed E-state index contributed by atoms with van der Waals surface area (Å²) in [6.07, 6.45) is 0. The van der Waals surface area contributed by atoms with E-state index in [1.54, 1.807) is 31.2 Å². The Balaban J connectivity index is 2.19. The van der Waals surface area contributed by atoms with Gasteiger partial charge in [-0.1, -0.05) is 17.7 Å². The number of halogens is 2. The predicted octanol–water partition coefficient (Wildman–Crippen LogP) is 4.23. The summed E-state index contributed by atoms with van der Waals surface area (Å²) in [6, 6.07) is 12.9. The van der Waals surface area contributed by atoms with Crippen LogP contribution >= 0.6 is 34.2 Å². The van der Waals surface area contributed by atoms with Gasteiger partial charge in [-0.05, 0) is 59.0 Å². The number of amides is 1. The molecule has 0 unspecified atom stereocenters. The van der Waals surface area contributed by atoms with Crippen molar-refractivity contribution in [1.82, 2.24) is 4.90 Å². The molecule has 2 aromatic rings. The molecule has 0 heterocycles. The number of rotatable bonds is 4. The first kappa shape index (κ1) is 16.1. The maximum absolute atomic E-state index is 12.4. The maximum atomic E-state index is 12.4. The lowest BCUT2D eigenvalue weighted by molar-refractivity contribution is 0.0784. The van der Waals surface area contributed by atoms with Crippen molar-refractivity contribution in [3.05, 3.63) is 62.2 Å². The Labute approximate surface area is 143 Å². The van der Waals surface area contributed by atoms with Crippen LogP contribution in [0.15, 0.2) is 42.5 Å². The molecular formula is C16H15ClINO2. The molecule has 0 aliphatic heterocycles. The molecule has 0 saturated heterocycles. The van der Waals surface area contributed by atoms with Crippen molar-refractivity contribution in [3.63, 3.8) is 0 Å². The minimum atomic E-state index is -0.0319. The van der Waals surface area contributed by atoms with Crippen LogP contribution in [0.5, 0.6) is 5.75 Å². The summed E-state index contributed by atoms with van der Waals surface area (Å²) in [5.74, 6) is 0.692. The van der Waals surface area contributed by atoms with Crippen molar-refractivity contribution in [2.75, 3.05) is 14.2 Å². The van der Waals surface area contributed by atoms with Crippen LogP contribution < -0.4 is 4.74 Å². The molecule has 5 heteroatoms. The Hall–Kier alpha value is -1.27. The van der Waals surface area contributed by atoms with Crippen LogP contribution in [0.4, 0.5) is 0 Å². The van der Waals surface area contributed by atoms with Crippen molar-refractivity contribution in [1.29, 1.82) is 0 Å². The Kier molecular flexibility index (Phi) is 5.47. The zero-order valence-electron chi connectivity index (χ0n) is 11.8. The largest absolute Gasteiger partial charge is 0.496 e. The molecule has 0 bridgehead atoms. The van der Waals surface area contributed by atoms with Gasteiger partial charge in [0, 0.05) is 33.3 Å². The average molecular weight is 416 g/mol. The van der Waals surface area contributed by atoms with E-state index in [4.69, 9.17) is 16.3 Å². The fraction of sp³-hybridized carbons (Fsp3) is 0.188. The molecule has 0 saturated carbocycles. The van der Waals surface area contributed by atoms with E-state index in [9.17, 15) is 4.79 Å². The number of methoxy groups -OCH3 is 1. The van der Waals surface area contributed by atoms with Crippen molar-refractivity contribution >= 4 is 40.1 Å². The quantitative estimate of drug-likeness (QED) is 0.700. The summed E-state index contributed by atoms with van der Waals surface area (Å²) in [7, 11) is 3.37. The van der Waals surface area contributed by atoms with Crippen LogP contribution in [-0.4, -0.2) is 25.0 Å². The minimum Gasteiger partial charge on any atom is -0.496 e. The van der Waals surface area contributed by atoms with E-state index in [-0.39, 0.29) is 5.91 Å². The van der Waals surface area contributed by atoms with Gasteiger partial charge in [-0.3, -0.25) is 4.79 Å². The van der Waals surface area contributed by atoms with Crippen LogP contribution in [0.1, 0.15) is 15.9 Å². The summed E-state index contributed by atoms with van der Waals surface area (Å²) in [4.78, 5) is 14.1. The summed E-state index contributed by atoms with van der Waals surface area (Å²) < 4.78 is 6.34. The molecule has 0 N–H and O–H groups in total. The monoisotopic (exact) mass is 415 g/mol. The van der Waals surface area contributed by atoms with Crippen LogP contribution in [0.2, 0.25) is 5.02 Å². The number of carbonyl (C=O) groups excluding carboxylic acids is 1. The number of nitrogens with zero attached hydrogens (tertiary/aromatic N) is 1. The van der Waals surface area contributed by atoms with Gasteiger partial charge in [0.15, 0.2) is 0 Å². The Morgan fingerprint density at radius 3 is 2.71 bits per heavy atom. The van der Waals surface area contributed by atoms with Crippen molar-refractivity contribution in [2.45, 2.75) is 6.54 Å². The third kappa shape index (κ3) is 4.11. The molecule has 3 nitrogen and oxygen atoms in total. The Morgan fingerprint density at radius 2 is 2.05 bits per heavy atom. The van der Waals surface area contributed by atoms with E-state index >= 15 is 0 Å². The number of hydrogen-bond acceptors (Lipinski definition) is 2. The lowest BCUT2D eigenvalue weighted by atomic mass is 10.1. The van der Waals surface area contributed by atoms with Gasteiger partial charge >= 0.3 is 0 Å². The molecule has 1 amide bonds. The second-order valence-electron chi connectivity index (χ2n) is 4.63. The maximum Gasteiger partial charge on any atom is 0.253 e. The van der Waals surface area contributed by atoms with Crippen molar-refractivity contribution in [2.24, 2.45) is 0 Å². The molecule has 21 heavy (non-hydrogen) atoms. The third-order valence-electron chi connectivity index (χ3n) is 3.07. The predicted molar refractivity (Wildman–Crippen MR) is 93.0 cm³/mol. The van der Waals surface area contributed by atoms with Gasteiger partial charge in [0.1, 0.15) is 5.75 Å². The van der Waals surface area contributed by atoms with Gasteiger partial charge in [-0.2, -0.15) is 0 Å². The number of ether oxygens (including phenoxy) is 1. The molecule has 110 valence electrons. The molecule has 0 aromatic heterocycles. The first-order chi connectivity index (χ1) is 10.0. The molecule has 0 radical (unpaired) electrons.